The van der Waals surface area contributed by atoms with Crippen LogP contribution in [-0.4, -0.2) is 7.25 Å². The van der Waals surface area contributed by atoms with E-state index in [0.29, 0.717) is 34.5 Å². The number of benzene rings is 6. The van der Waals surface area contributed by atoms with E-state index in [1.165, 1.54) is 0 Å². The van der Waals surface area contributed by atoms with Crippen LogP contribution in [-0.2, 0) is 19.5 Å². The van der Waals surface area contributed by atoms with Gasteiger partial charge in [0.1, 0.15) is 34.5 Å². The van der Waals surface area contributed by atoms with Crippen LogP contribution >= 0.6 is 17.2 Å². The minimum Gasteiger partial charge on any atom is -0.418 e. The van der Waals surface area contributed by atoms with Crippen molar-refractivity contribution in [2.24, 2.45) is 0 Å². The summed E-state index contributed by atoms with van der Waals surface area (Å²) in [5.41, 5.74) is 0. The molecule has 1 radical (unpaired) electrons. The summed E-state index contributed by atoms with van der Waals surface area (Å²) in [4.78, 5) is 0. The third-order valence-electron chi connectivity index (χ3n) is 5.54. The molecule has 50 heavy (non-hydrogen) atoms. The van der Waals surface area contributed by atoms with Gasteiger partial charge in [0, 0.05) is 19.5 Å². The second kappa shape index (κ2) is 22.2. The Morgan fingerprint density at radius 2 is 0.400 bits per heavy atom. The van der Waals surface area contributed by atoms with E-state index in [1.54, 1.807) is 0 Å². The molecule has 6 rings (SSSR count). The monoisotopic (exact) mass is 810 g/mol. The molecule has 6 nitrogen and oxygen atoms in total. The van der Waals surface area contributed by atoms with Crippen LogP contribution in [0.2, 0.25) is 0 Å². The molecule has 0 fully saturated rings. The molecule has 0 aliphatic heterocycles. The minimum atomic E-state index is -6.00. The fraction of sp³-hybridized carbons (Fsp3) is 0. The first kappa shape index (κ1) is 39.8. The quantitative estimate of drug-likeness (QED) is 0.0697. The number of rotatable bonds is 12. The van der Waals surface area contributed by atoms with Crippen molar-refractivity contribution in [1.29, 1.82) is 0 Å². The van der Waals surface area contributed by atoms with Crippen LogP contribution < -0.4 is 27.1 Å². The summed E-state index contributed by atoms with van der Waals surface area (Å²) in [7, 11) is -9.18. The van der Waals surface area contributed by atoms with E-state index in [0.717, 1.165) is 0 Å². The van der Waals surface area contributed by atoms with E-state index >= 15 is 0 Å². The molecule has 0 bridgehead atoms. The van der Waals surface area contributed by atoms with Crippen LogP contribution in [0.4, 0.5) is 17.3 Å². The summed E-state index contributed by atoms with van der Waals surface area (Å²) >= 11 is 0. The Morgan fingerprint density at radius 1 is 0.280 bits per heavy atom. The first-order valence-electron chi connectivity index (χ1n) is 14.7. The molecule has 0 unspecified atom stereocenters. The van der Waals surface area contributed by atoms with Gasteiger partial charge in [0.25, 0.3) is 0 Å². The Labute approximate surface area is 303 Å². The first-order valence-corrected chi connectivity index (χ1v) is 16.8. The maximum Gasteiger partial charge on any atom is 0.673 e. The normalized spacial score (nSPS) is 10.2. The number of halogens is 4. The van der Waals surface area contributed by atoms with Gasteiger partial charge < -0.3 is 44.4 Å². The van der Waals surface area contributed by atoms with Crippen LogP contribution in [0.25, 0.3) is 0 Å². The molecule has 6 aromatic rings. The Kier molecular flexibility index (Phi) is 17.7. The molecule has 0 N–H and O–H groups in total. The molecule has 261 valence electrons. The molecule has 0 aromatic heterocycles. The zero-order valence-corrected chi connectivity index (χ0v) is 29.5. The summed E-state index contributed by atoms with van der Waals surface area (Å²) in [6.45, 7) is 0. The molecule has 6 aromatic carbocycles. The van der Waals surface area contributed by atoms with Gasteiger partial charge in [-0.2, -0.15) is 0 Å². The van der Waals surface area contributed by atoms with E-state index in [1.807, 2.05) is 182 Å². The topological polar surface area (TPSA) is 55.4 Å². The molecule has 0 spiro atoms. The molecule has 0 saturated carbocycles. The molecule has 0 aliphatic rings. The van der Waals surface area contributed by atoms with Gasteiger partial charge in [-0.1, -0.05) is 109 Å². The van der Waals surface area contributed by atoms with Gasteiger partial charge in [-0.3, -0.25) is 0 Å². The van der Waals surface area contributed by atoms with Crippen molar-refractivity contribution in [3.05, 3.63) is 182 Å². The molecule has 0 atom stereocenters. The third kappa shape index (κ3) is 17.2. The van der Waals surface area contributed by atoms with Gasteiger partial charge in [0.15, 0.2) is 0 Å². The van der Waals surface area contributed by atoms with Crippen molar-refractivity contribution in [2.45, 2.75) is 0 Å². The predicted molar refractivity (Wildman–Crippen MR) is 186 cm³/mol. The fourth-order valence-electron chi connectivity index (χ4n) is 3.52. The fourth-order valence-corrected chi connectivity index (χ4v) is 5.50. The second-order valence-corrected chi connectivity index (χ2v) is 11.4. The average Bonchev–Trinajstić information content (AvgIpc) is 3.11. The zero-order valence-electron chi connectivity index (χ0n) is 26.1. The standard InChI is InChI=1S/2C18H15O3P.BF4.Rh/c2*1-4-10-16(11-5-1)19-22(20-17-12-6-2-7-13-17)21-18-14-8-3-9-15-18;2-1(3,4)5;/h2*1-15H;;/q;;-1;. The second-order valence-electron chi connectivity index (χ2n) is 9.37. The Bertz CT molecular complexity index is 1400. The predicted octanol–water partition coefficient (Wildman–Crippen LogP) is 12.2. The van der Waals surface area contributed by atoms with Gasteiger partial charge in [-0.05, 0) is 72.8 Å². The Morgan fingerprint density at radius 3 is 0.520 bits per heavy atom. The number of hydrogen-bond acceptors (Lipinski definition) is 6. The van der Waals surface area contributed by atoms with E-state index in [9.17, 15) is 17.3 Å². The number of para-hydroxylation sites is 6. The van der Waals surface area contributed by atoms with Gasteiger partial charge in [0.2, 0.25) is 0 Å². The smallest absolute Gasteiger partial charge is 0.418 e. The van der Waals surface area contributed by atoms with E-state index in [-0.39, 0.29) is 19.5 Å². The SMILES string of the molecule is F[B-](F)(F)F.[Rh].c1ccc(OP(Oc2ccccc2)Oc2ccccc2)cc1.c1ccc(OP(Oc2ccccc2)Oc2ccccc2)cc1. The van der Waals surface area contributed by atoms with Crippen LogP contribution in [0.15, 0.2) is 182 Å². The van der Waals surface area contributed by atoms with Crippen molar-refractivity contribution in [3.8, 4) is 34.5 Å². The van der Waals surface area contributed by atoms with Crippen molar-refractivity contribution in [1.82, 2.24) is 0 Å². The van der Waals surface area contributed by atoms with Gasteiger partial charge in [-0.15, -0.1) is 0 Å². The van der Waals surface area contributed by atoms with Crippen molar-refractivity contribution >= 4 is 24.5 Å². The van der Waals surface area contributed by atoms with Crippen molar-refractivity contribution < 1.29 is 63.9 Å². The minimum absolute atomic E-state index is 0. The van der Waals surface area contributed by atoms with Gasteiger partial charge in [0.05, 0.1) is 0 Å². The molecule has 0 aliphatic carbocycles. The molecule has 0 heterocycles. The summed E-state index contributed by atoms with van der Waals surface area (Å²) < 4.78 is 74.1. The van der Waals surface area contributed by atoms with E-state index < -0.39 is 24.5 Å². The first-order chi connectivity index (χ1) is 23.8. The van der Waals surface area contributed by atoms with Crippen molar-refractivity contribution in [3.63, 3.8) is 0 Å². The van der Waals surface area contributed by atoms with E-state index in [2.05, 4.69) is 0 Å². The Balaban J connectivity index is 0.000000234. The maximum absolute atomic E-state index is 9.75. The molecule has 0 amide bonds. The van der Waals surface area contributed by atoms with Crippen LogP contribution in [0.1, 0.15) is 0 Å². The van der Waals surface area contributed by atoms with Crippen molar-refractivity contribution in [2.75, 3.05) is 0 Å². The van der Waals surface area contributed by atoms with Gasteiger partial charge >= 0.3 is 24.5 Å². The summed E-state index contributed by atoms with van der Waals surface area (Å²) in [5.74, 6) is 4.25. The zero-order chi connectivity index (χ0) is 34.6. The molecule has 14 heteroatoms. The third-order valence-corrected chi connectivity index (χ3v) is 7.70. The van der Waals surface area contributed by atoms with Crippen LogP contribution in [0.5, 0.6) is 34.5 Å². The number of hydrogen-bond donors (Lipinski definition) is 0. The largest absolute Gasteiger partial charge is 0.673 e. The summed E-state index contributed by atoms with van der Waals surface area (Å²) in [5, 5.41) is 0. The summed E-state index contributed by atoms with van der Waals surface area (Å²) in [6, 6.07) is 57.0. The summed E-state index contributed by atoms with van der Waals surface area (Å²) in [6.07, 6.45) is 0. The van der Waals surface area contributed by atoms with E-state index in [4.69, 9.17) is 27.1 Å². The van der Waals surface area contributed by atoms with Crippen LogP contribution in [0.3, 0.4) is 0 Å². The molecular weight excluding hydrogens is 780 g/mol. The maximum atomic E-state index is 9.75. The molecule has 0 saturated heterocycles. The van der Waals surface area contributed by atoms with Crippen LogP contribution in [0, 0.1) is 0 Å². The van der Waals surface area contributed by atoms with Gasteiger partial charge in [-0.25, -0.2) is 0 Å². The Hall–Kier alpha value is -4.61. The average molecular weight is 810 g/mol. The molecular formula is C36H30BF4O6P2Rh-.